The Balaban J connectivity index is 1.79. The van der Waals surface area contributed by atoms with Crippen LogP contribution >= 0.6 is 0 Å². The Labute approximate surface area is 181 Å². The molecule has 0 aromatic carbocycles. The molecule has 1 atom stereocenters. The Morgan fingerprint density at radius 3 is 2.74 bits per heavy atom. The van der Waals surface area contributed by atoms with Crippen molar-refractivity contribution >= 4 is 17.2 Å². The highest BCUT2D eigenvalue weighted by atomic mass is 16.5. The number of hydrogen-bond donors (Lipinski definition) is 2. The standard InChI is InChI=1S/C23H29N5O3/c1-14(13-31-3)26-23-25-12-22-20(18-8-17(15(2)29)10-24-11-18)9-21(28(22)27-23)16-4-6-19(30)7-5-16/h8-12,14,16,19,30H,4-7,13H2,1-3H3,(H,26,27)/t14-,16?,19?/m0/s1. The lowest BCUT2D eigenvalue weighted by Crippen LogP contribution is -2.23. The topological polar surface area (TPSA) is 102 Å². The summed E-state index contributed by atoms with van der Waals surface area (Å²) in [6.45, 7) is 4.11. The Morgan fingerprint density at radius 2 is 2.03 bits per heavy atom. The molecule has 3 aromatic heterocycles. The number of methoxy groups -OCH3 is 1. The van der Waals surface area contributed by atoms with Crippen molar-refractivity contribution in [3.63, 3.8) is 0 Å². The molecule has 0 amide bonds. The van der Waals surface area contributed by atoms with Crippen molar-refractivity contribution in [3.05, 3.63) is 42.0 Å². The molecule has 2 N–H and O–H groups in total. The number of hydrogen-bond acceptors (Lipinski definition) is 7. The molecule has 3 aromatic rings. The second-order valence-corrected chi connectivity index (χ2v) is 8.39. The van der Waals surface area contributed by atoms with Gasteiger partial charge in [-0.25, -0.2) is 9.50 Å². The molecule has 164 valence electrons. The van der Waals surface area contributed by atoms with Crippen molar-refractivity contribution in [1.82, 2.24) is 19.6 Å². The molecule has 1 saturated carbocycles. The average Bonchev–Trinajstić information content (AvgIpc) is 3.13. The molecule has 0 unspecified atom stereocenters. The third kappa shape index (κ3) is 4.60. The van der Waals surface area contributed by atoms with Crippen LogP contribution in [0.2, 0.25) is 0 Å². The predicted molar refractivity (Wildman–Crippen MR) is 118 cm³/mol. The van der Waals surface area contributed by atoms with Crippen LogP contribution in [0.3, 0.4) is 0 Å². The van der Waals surface area contributed by atoms with Crippen LogP contribution in [0.25, 0.3) is 16.6 Å². The minimum absolute atomic E-state index is 0.0192. The van der Waals surface area contributed by atoms with Crippen molar-refractivity contribution in [2.75, 3.05) is 19.0 Å². The molecule has 3 heterocycles. The highest BCUT2D eigenvalue weighted by Crippen LogP contribution is 2.37. The zero-order chi connectivity index (χ0) is 22.0. The van der Waals surface area contributed by atoms with Gasteiger partial charge < -0.3 is 15.2 Å². The summed E-state index contributed by atoms with van der Waals surface area (Å²) in [6, 6.07) is 4.07. The van der Waals surface area contributed by atoms with Crippen LogP contribution in [0, 0.1) is 0 Å². The van der Waals surface area contributed by atoms with Gasteiger partial charge in [-0.1, -0.05) is 0 Å². The number of Topliss-reactive ketones (excluding diaryl/α,β-unsaturated/α-hetero) is 1. The van der Waals surface area contributed by atoms with Gasteiger partial charge in [-0.05, 0) is 51.7 Å². The molecule has 0 bridgehead atoms. The van der Waals surface area contributed by atoms with E-state index in [0.717, 1.165) is 48.0 Å². The summed E-state index contributed by atoms with van der Waals surface area (Å²) >= 11 is 0. The van der Waals surface area contributed by atoms with Gasteiger partial charge in [0.05, 0.1) is 24.4 Å². The van der Waals surface area contributed by atoms with Crippen LogP contribution in [-0.4, -0.2) is 56.3 Å². The maximum Gasteiger partial charge on any atom is 0.241 e. The fourth-order valence-corrected chi connectivity index (χ4v) is 4.27. The highest BCUT2D eigenvalue weighted by Gasteiger charge is 2.26. The lowest BCUT2D eigenvalue weighted by molar-refractivity contribution is 0.101. The summed E-state index contributed by atoms with van der Waals surface area (Å²) in [5.41, 5.74) is 4.35. The number of nitrogens with one attached hydrogen (secondary N) is 1. The number of carbonyl (C=O) groups excluding carboxylic acids is 1. The first kappa shape index (κ1) is 21.4. The minimum atomic E-state index is -0.222. The monoisotopic (exact) mass is 423 g/mol. The number of fused-ring (bicyclic) bond motifs is 1. The zero-order valence-electron chi connectivity index (χ0n) is 18.2. The summed E-state index contributed by atoms with van der Waals surface area (Å²) < 4.78 is 7.15. The largest absolute Gasteiger partial charge is 0.393 e. The third-order valence-electron chi connectivity index (χ3n) is 5.91. The van der Waals surface area contributed by atoms with E-state index < -0.39 is 0 Å². The number of anilines is 1. The maximum absolute atomic E-state index is 11.9. The molecule has 1 aliphatic rings. The fourth-order valence-electron chi connectivity index (χ4n) is 4.27. The Hall–Kier alpha value is -2.84. The number of aromatic nitrogens is 4. The second-order valence-electron chi connectivity index (χ2n) is 8.39. The van der Waals surface area contributed by atoms with Gasteiger partial charge in [0.15, 0.2) is 5.78 Å². The number of nitrogens with zero attached hydrogens (tertiary/aromatic N) is 4. The maximum atomic E-state index is 11.9. The minimum Gasteiger partial charge on any atom is -0.393 e. The number of pyridine rings is 1. The van der Waals surface area contributed by atoms with Crippen molar-refractivity contribution in [3.8, 4) is 11.1 Å². The van der Waals surface area contributed by atoms with Crippen molar-refractivity contribution in [1.29, 1.82) is 0 Å². The van der Waals surface area contributed by atoms with E-state index in [4.69, 9.17) is 9.84 Å². The van der Waals surface area contributed by atoms with Crippen molar-refractivity contribution in [2.45, 2.75) is 57.6 Å². The first-order valence-corrected chi connectivity index (χ1v) is 10.7. The van der Waals surface area contributed by atoms with E-state index in [2.05, 4.69) is 21.4 Å². The summed E-state index contributed by atoms with van der Waals surface area (Å²) in [5.74, 6) is 0.814. The highest BCUT2D eigenvalue weighted by molar-refractivity contribution is 5.95. The van der Waals surface area contributed by atoms with Gasteiger partial charge in [-0.15, -0.1) is 5.10 Å². The number of ketones is 1. The van der Waals surface area contributed by atoms with E-state index in [0.29, 0.717) is 24.0 Å². The first-order valence-electron chi connectivity index (χ1n) is 10.7. The van der Waals surface area contributed by atoms with E-state index in [1.807, 2.05) is 23.7 Å². The van der Waals surface area contributed by atoms with Crippen molar-refractivity contribution < 1.29 is 14.6 Å². The molecular weight excluding hydrogens is 394 g/mol. The van der Waals surface area contributed by atoms with E-state index in [1.54, 1.807) is 26.4 Å². The second kappa shape index (κ2) is 9.11. The summed E-state index contributed by atoms with van der Waals surface area (Å²) in [6.07, 6.45) is 8.33. The average molecular weight is 424 g/mol. The van der Waals surface area contributed by atoms with E-state index in [-0.39, 0.29) is 17.9 Å². The molecule has 0 spiro atoms. The molecule has 0 aliphatic heterocycles. The summed E-state index contributed by atoms with van der Waals surface area (Å²) in [4.78, 5) is 20.6. The Bertz CT molecular complexity index is 1070. The lowest BCUT2D eigenvalue weighted by atomic mass is 9.85. The van der Waals surface area contributed by atoms with Crippen molar-refractivity contribution in [2.24, 2.45) is 0 Å². The smallest absolute Gasteiger partial charge is 0.241 e. The van der Waals surface area contributed by atoms with Gasteiger partial charge in [-0.2, -0.15) is 0 Å². The molecule has 0 radical (unpaired) electrons. The summed E-state index contributed by atoms with van der Waals surface area (Å²) in [7, 11) is 1.67. The summed E-state index contributed by atoms with van der Waals surface area (Å²) in [5, 5.41) is 18.0. The quantitative estimate of drug-likeness (QED) is 0.561. The molecule has 0 saturated heterocycles. The predicted octanol–water partition coefficient (Wildman–Crippen LogP) is 3.46. The number of aliphatic hydroxyl groups is 1. The fraction of sp³-hybridized carbons (Fsp3) is 0.478. The van der Waals surface area contributed by atoms with E-state index >= 15 is 0 Å². The molecule has 1 fully saturated rings. The lowest BCUT2D eigenvalue weighted by Gasteiger charge is -2.25. The number of ether oxygens (including phenoxy) is 1. The molecule has 4 rings (SSSR count). The molecule has 8 heteroatoms. The van der Waals surface area contributed by atoms with Gasteiger partial charge in [0, 0.05) is 53.8 Å². The van der Waals surface area contributed by atoms with Crippen LogP contribution in [0.4, 0.5) is 5.95 Å². The number of carbonyl (C=O) groups is 1. The molecule has 1 aliphatic carbocycles. The molecular formula is C23H29N5O3. The van der Waals surface area contributed by atoms with Gasteiger partial charge in [0.2, 0.25) is 5.95 Å². The number of rotatable bonds is 7. The van der Waals surface area contributed by atoms with Crippen LogP contribution in [0.1, 0.15) is 61.5 Å². The molecule has 8 nitrogen and oxygen atoms in total. The van der Waals surface area contributed by atoms with Gasteiger partial charge >= 0.3 is 0 Å². The normalized spacial score (nSPS) is 20.0. The zero-order valence-corrected chi connectivity index (χ0v) is 18.2. The number of aliphatic hydroxyl groups excluding tert-OH is 1. The van der Waals surface area contributed by atoms with Gasteiger partial charge in [-0.3, -0.25) is 9.78 Å². The van der Waals surface area contributed by atoms with Gasteiger partial charge in [0.1, 0.15) is 0 Å². The van der Waals surface area contributed by atoms with Crippen LogP contribution in [0.15, 0.2) is 30.7 Å². The Kier molecular flexibility index (Phi) is 6.29. The first-order chi connectivity index (χ1) is 15.0. The SMILES string of the molecule is COC[C@H](C)Nc1ncc2c(-c3cncc(C(C)=O)c3)cc(C3CCC(O)CC3)n2n1. The van der Waals surface area contributed by atoms with E-state index in [1.165, 1.54) is 0 Å². The Morgan fingerprint density at radius 1 is 1.26 bits per heavy atom. The van der Waals surface area contributed by atoms with Crippen LogP contribution < -0.4 is 5.32 Å². The van der Waals surface area contributed by atoms with Crippen LogP contribution in [-0.2, 0) is 4.74 Å². The van der Waals surface area contributed by atoms with Gasteiger partial charge in [0.25, 0.3) is 0 Å². The van der Waals surface area contributed by atoms with Crippen LogP contribution in [0.5, 0.6) is 0 Å². The van der Waals surface area contributed by atoms with E-state index in [9.17, 15) is 9.90 Å². The molecule has 31 heavy (non-hydrogen) atoms. The third-order valence-corrected chi connectivity index (χ3v) is 5.91.